The molecule has 6 nitrogen and oxygen atoms in total. The molecule has 23 heavy (non-hydrogen) atoms. The van der Waals surface area contributed by atoms with Crippen LogP contribution in [0.4, 0.5) is 5.69 Å². The van der Waals surface area contributed by atoms with E-state index in [-0.39, 0.29) is 0 Å². The number of nitrogens with zero attached hydrogens (tertiary/aromatic N) is 4. The fourth-order valence-corrected chi connectivity index (χ4v) is 2.72. The van der Waals surface area contributed by atoms with Gasteiger partial charge < -0.3 is 5.32 Å². The lowest BCUT2D eigenvalue weighted by Crippen LogP contribution is -2.04. The van der Waals surface area contributed by atoms with Crippen molar-refractivity contribution in [1.29, 1.82) is 0 Å². The standard InChI is InChI=1S/C17H18N6/c1-11(2)23-17-14(10-21-23)5-12(8-19-17)7-18-15-3-4-16-13(6-15)9-20-22-16/h3-6,8-11,18H,7H2,1-2H3,(H,20,22). The summed E-state index contributed by atoms with van der Waals surface area (Å²) in [7, 11) is 0. The number of aromatic amines is 1. The number of pyridine rings is 1. The molecule has 4 rings (SSSR count). The topological polar surface area (TPSA) is 71.4 Å². The van der Waals surface area contributed by atoms with Gasteiger partial charge in [0.25, 0.3) is 0 Å². The molecule has 0 unspecified atom stereocenters. The number of hydrogen-bond donors (Lipinski definition) is 2. The minimum Gasteiger partial charge on any atom is -0.381 e. The first kappa shape index (κ1) is 13.8. The van der Waals surface area contributed by atoms with E-state index in [1.54, 1.807) is 0 Å². The van der Waals surface area contributed by atoms with Gasteiger partial charge in [-0.1, -0.05) is 0 Å². The van der Waals surface area contributed by atoms with Gasteiger partial charge in [0.2, 0.25) is 0 Å². The first-order valence-electron chi connectivity index (χ1n) is 7.70. The first-order valence-corrected chi connectivity index (χ1v) is 7.70. The number of hydrogen-bond acceptors (Lipinski definition) is 4. The highest BCUT2D eigenvalue weighted by Gasteiger charge is 2.07. The van der Waals surface area contributed by atoms with Crippen LogP contribution >= 0.6 is 0 Å². The maximum atomic E-state index is 4.56. The van der Waals surface area contributed by atoms with Crippen molar-refractivity contribution in [3.63, 3.8) is 0 Å². The van der Waals surface area contributed by atoms with E-state index >= 15 is 0 Å². The summed E-state index contributed by atoms with van der Waals surface area (Å²) in [5, 5.41) is 17.0. The fraction of sp³-hybridized carbons (Fsp3) is 0.235. The monoisotopic (exact) mass is 306 g/mol. The van der Waals surface area contributed by atoms with Gasteiger partial charge in [-0.25, -0.2) is 9.67 Å². The highest BCUT2D eigenvalue weighted by molar-refractivity contribution is 5.81. The Morgan fingerprint density at radius 1 is 1.13 bits per heavy atom. The molecule has 0 aliphatic heterocycles. The normalized spacial score (nSPS) is 11.6. The Morgan fingerprint density at radius 2 is 2.04 bits per heavy atom. The Hall–Kier alpha value is -2.89. The highest BCUT2D eigenvalue weighted by atomic mass is 15.3. The lowest BCUT2D eigenvalue weighted by atomic mass is 10.2. The van der Waals surface area contributed by atoms with Crippen LogP contribution in [0.5, 0.6) is 0 Å². The van der Waals surface area contributed by atoms with Gasteiger partial charge in [0, 0.05) is 35.2 Å². The van der Waals surface area contributed by atoms with E-state index in [1.165, 1.54) is 0 Å². The van der Waals surface area contributed by atoms with Gasteiger partial charge in [0.05, 0.1) is 17.9 Å². The number of benzene rings is 1. The van der Waals surface area contributed by atoms with Gasteiger partial charge in [0.15, 0.2) is 5.65 Å². The van der Waals surface area contributed by atoms with Gasteiger partial charge in [-0.05, 0) is 43.7 Å². The molecule has 0 aliphatic rings. The number of fused-ring (bicyclic) bond motifs is 2. The summed E-state index contributed by atoms with van der Waals surface area (Å²) in [5.41, 5.74) is 4.17. The van der Waals surface area contributed by atoms with E-state index in [0.29, 0.717) is 6.04 Å². The van der Waals surface area contributed by atoms with Crippen LogP contribution in [0.2, 0.25) is 0 Å². The summed E-state index contributed by atoms with van der Waals surface area (Å²) in [4.78, 5) is 4.56. The molecule has 3 heterocycles. The molecule has 0 amide bonds. The molecule has 6 heteroatoms. The van der Waals surface area contributed by atoms with Crippen LogP contribution in [-0.2, 0) is 6.54 Å². The predicted octanol–water partition coefficient (Wildman–Crippen LogP) is 3.50. The molecule has 3 aromatic heterocycles. The lowest BCUT2D eigenvalue weighted by molar-refractivity contribution is 0.546. The Morgan fingerprint density at radius 3 is 2.91 bits per heavy atom. The Labute approximate surface area is 133 Å². The summed E-state index contributed by atoms with van der Waals surface area (Å²) in [5.74, 6) is 0. The molecule has 0 saturated carbocycles. The van der Waals surface area contributed by atoms with Gasteiger partial charge in [-0.3, -0.25) is 5.10 Å². The van der Waals surface area contributed by atoms with E-state index in [2.05, 4.69) is 51.6 Å². The Kier molecular flexibility index (Phi) is 3.22. The molecule has 0 spiro atoms. The largest absolute Gasteiger partial charge is 0.381 e. The van der Waals surface area contributed by atoms with E-state index in [0.717, 1.165) is 39.7 Å². The van der Waals surface area contributed by atoms with Gasteiger partial charge >= 0.3 is 0 Å². The lowest BCUT2D eigenvalue weighted by Gasteiger charge is -2.08. The van der Waals surface area contributed by atoms with Crippen molar-refractivity contribution in [3.05, 3.63) is 48.4 Å². The number of H-pyrrole nitrogens is 1. The average Bonchev–Trinajstić information content (AvgIpc) is 3.18. The number of nitrogens with one attached hydrogen (secondary N) is 2. The van der Waals surface area contributed by atoms with Gasteiger partial charge in [-0.15, -0.1) is 0 Å². The van der Waals surface area contributed by atoms with Crippen LogP contribution in [0.25, 0.3) is 21.9 Å². The third-order valence-corrected chi connectivity index (χ3v) is 3.92. The summed E-state index contributed by atoms with van der Waals surface area (Å²) in [6.07, 6.45) is 5.62. The summed E-state index contributed by atoms with van der Waals surface area (Å²) in [6.45, 7) is 4.93. The van der Waals surface area contributed by atoms with Crippen LogP contribution in [0.15, 0.2) is 42.9 Å². The molecular weight excluding hydrogens is 288 g/mol. The second-order valence-corrected chi connectivity index (χ2v) is 5.96. The molecule has 116 valence electrons. The maximum absolute atomic E-state index is 4.56. The van der Waals surface area contributed by atoms with Crippen molar-refractivity contribution >= 4 is 27.6 Å². The van der Waals surface area contributed by atoms with E-state index in [4.69, 9.17) is 0 Å². The third kappa shape index (κ3) is 2.52. The van der Waals surface area contributed by atoms with Crippen molar-refractivity contribution in [2.75, 3.05) is 5.32 Å². The van der Waals surface area contributed by atoms with Crippen LogP contribution in [0.1, 0.15) is 25.5 Å². The third-order valence-electron chi connectivity index (χ3n) is 3.92. The number of anilines is 1. The molecule has 0 aliphatic carbocycles. The summed E-state index contributed by atoms with van der Waals surface area (Å²) < 4.78 is 1.94. The van der Waals surface area contributed by atoms with Crippen LogP contribution in [-0.4, -0.2) is 25.0 Å². The number of rotatable bonds is 4. The minimum absolute atomic E-state index is 0.311. The zero-order valence-electron chi connectivity index (χ0n) is 13.1. The number of aromatic nitrogens is 5. The molecule has 2 N–H and O–H groups in total. The molecule has 0 radical (unpaired) electrons. The van der Waals surface area contributed by atoms with Crippen LogP contribution in [0.3, 0.4) is 0 Å². The molecule has 1 aromatic carbocycles. The second-order valence-electron chi connectivity index (χ2n) is 5.96. The van der Waals surface area contributed by atoms with Crippen LogP contribution in [0, 0.1) is 0 Å². The smallest absolute Gasteiger partial charge is 0.157 e. The van der Waals surface area contributed by atoms with E-state index in [9.17, 15) is 0 Å². The second kappa shape index (κ2) is 5.39. The summed E-state index contributed by atoms with van der Waals surface area (Å²) in [6, 6.07) is 8.60. The Balaban J connectivity index is 1.55. The van der Waals surface area contributed by atoms with Gasteiger partial charge in [-0.2, -0.15) is 10.2 Å². The molecular formula is C17H18N6. The van der Waals surface area contributed by atoms with E-state index in [1.807, 2.05) is 35.4 Å². The van der Waals surface area contributed by atoms with Crippen LogP contribution < -0.4 is 5.32 Å². The molecule has 4 aromatic rings. The average molecular weight is 306 g/mol. The van der Waals surface area contributed by atoms with E-state index < -0.39 is 0 Å². The zero-order valence-corrected chi connectivity index (χ0v) is 13.1. The molecule has 0 bridgehead atoms. The zero-order chi connectivity index (χ0) is 15.8. The molecule has 0 saturated heterocycles. The van der Waals surface area contributed by atoms with Crippen molar-refractivity contribution in [1.82, 2.24) is 25.0 Å². The summed E-state index contributed by atoms with van der Waals surface area (Å²) >= 11 is 0. The van der Waals surface area contributed by atoms with Crippen molar-refractivity contribution in [2.24, 2.45) is 0 Å². The minimum atomic E-state index is 0.311. The maximum Gasteiger partial charge on any atom is 0.157 e. The fourth-order valence-electron chi connectivity index (χ4n) is 2.72. The molecule has 0 atom stereocenters. The quantitative estimate of drug-likeness (QED) is 0.605. The van der Waals surface area contributed by atoms with Crippen molar-refractivity contribution in [2.45, 2.75) is 26.4 Å². The first-order chi connectivity index (χ1) is 11.2. The highest BCUT2D eigenvalue weighted by Crippen LogP contribution is 2.19. The predicted molar refractivity (Wildman–Crippen MR) is 91.3 cm³/mol. The van der Waals surface area contributed by atoms with Gasteiger partial charge in [0.1, 0.15) is 0 Å². The molecule has 0 fully saturated rings. The Bertz CT molecular complexity index is 965. The van der Waals surface area contributed by atoms with Crippen molar-refractivity contribution < 1.29 is 0 Å². The SMILES string of the molecule is CC(C)n1ncc2cc(CNc3ccc4[nH]ncc4c3)cnc21. The van der Waals surface area contributed by atoms with Crippen molar-refractivity contribution in [3.8, 4) is 0 Å².